The molecule has 0 heterocycles. The van der Waals surface area contributed by atoms with Crippen LogP contribution in [0.2, 0.25) is 0 Å². The number of aliphatic carboxylic acids is 2. The van der Waals surface area contributed by atoms with Crippen molar-refractivity contribution in [1.29, 1.82) is 0 Å². The second-order valence-corrected chi connectivity index (χ2v) is 7.64. The van der Waals surface area contributed by atoms with E-state index < -0.39 is 84.1 Å². The van der Waals surface area contributed by atoms with Gasteiger partial charge in [-0.3, -0.25) is 4.55 Å². The van der Waals surface area contributed by atoms with Crippen molar-refractivity contribution < 1.29 is 103 Å². The first-order valence-corrected chi connectivity index (χ1v) is 10.2. The molecule has 0 aromatic carbocycles. The summed E-state index contributed by atoms with van der Waals surface area (Å²) in [5.74, 6) is -4.30. The van der Waals surface area contributed by atoms with Gasteiger partial charge >= 0.3 is 19.5 Å². The molecule has 0 aliphatic carbocycles. The summed E-state index contributed by atoms with van der Waals surface area (Å²) in [7, 11) is -3.80. The van der Waals surface area contributed by atoms with Crippen molar-refractivity contribution in [1.82, 2.24) is 0 Å². The van der Waals surface area contributed by atoms with E-state index in [0.717, 1.165) is 0 Å². The number of aliphatic hydroxyl groups is 10. The summed E-state index contributed by atoms with van der Waals surface area (Å²) >= 11 is 0. The molecule has 13 N–H and O–H groups in total. The Hall–Kier alpha value is -0.967. The monoisotopic (exact) mass is 579 g/mol. The van der Waals surface area contributed by atoms with Gasteiger partial charge in [0.25, 0.3) is 10.1 Å². The zero-order chi connectivity index (χ0) is 27.1. The summed E-state index contributed by atoms with van der Waals surface area (Å²) in [6, 6.07) is 0. The third-order valence-corrected chi connectivity index (χ3v) is 4.12. The summed E-state index contributed by atoms with van der Waals surface area (Å²) in [4.78, 5) is 20.0. The Morgan fingerprint density at radius 1 is 0.706 bits per heavy atom. The third-order valence-electron chi connectivity index (χ3n) is 3.37. The first kappa shape index (κ1) is 40.2. The third kappa shape index (κ3) is 18.4. The van der Waals surface area contributed by atoms with Gasteiger partial charge < -0.3 is 76.6 Å². The largest absolute Gasteiger partial charge is 2.00 e. The maximum atomic E-state index is 9.98. The summed E-state index contributed by atoms with van der Waals surface area (Å²) < 4.78 is 27.3. The SMILES string of the molecule is NCCS(=O)(=O)O.O=C([O-])C(O)C(O)C(O)C(O)CO.O=C([O-])C(O)C(O)C(O)C(O)CO.[Zn+2]. The van der Waals surface area contributed by atoms with Crippen LogP contribution < -0.4 is 15.9 Å². The molecule has 8 atom stereocenters. The van der Waals surface area contributed by atoms with E-state index in [1.54, 1.807) is 0 Å². The van der Waals surface area contributed by atoms with Crippen LogP contribution in [0.1, 0.15) is 0 Å². The topological polar surface area (TPSA) is 363 Å². The van der Waals surface area contributed by atoms with Crippen LogP contribution in [-0.4, -0.2) is 150 Å². The number of nitrogens with two attached hydrogens (primary N) is 1. The predicted molar refractivity (Wildman–Crippen MR) is 97.7 cm³/mol. The second kappa shape index (κ2) is 20.2. The van der Waals surface area contributed by atoms with Crippen LogP contribution in [0.3, 0.4) is 0 Å². The van der Waals surface area contributed by atoms with Crippen LogP contribution in [0.5, 0.6) is 0 Å². The van der Waals surface area contributed by atoms with Crippen LogP contribution in [0.15, 0.2) is 0 Å². The van der Waals surface area contributed by atoms with Gasteiger partial charge in [-0.15, -0.1) is 0 Å². The fraction of sp³-hybridized carbons (Fsp3) is 0.857. The maximum Gasteiger partial charge on any atom is 2.00 e. The zero-order valence-corrected chi connectivity index (χ0v) is 21.3. The van der Waals surface area contributed by atoms with Gasteiger partial charge in [0.1, 0.15) is 48.8 Å². The minimum Gasteiger partial charge on any atom is -0.547 e. The molecule has 18 nitrogen and oxygen atoms in total. The molecule has 0 fully saturated rings. The average molecular weight is 581 g/mol. The second-order valence-electron chi connectivity index (χ2n) is 6.06. The van der Waals surface area contributed by atoms with E-state index in [2.05, 4.69) is 0 Å². The number of carboxylic acids is 2. The van der Waals surface area contributed by atoms with Gasteiger partial charge in [0, 0.05) is 6.54 Å². The molecular weight excluding hydrogens is 552 g/mol. The number of hydrogen-bond acceptors (Lipinski definition) is 17. The van der Waals surface area contributed by atoms with E-state index in [-0.39, 0.29) is 31.8 Å². The quantitative estimate of drug-likeness (QED) is 0.0752. The summed E-state index contributed by atoms with van der Waals surface area (Å²) in [6.07, 6.45) is -16.2. The Bertz CT molecular complexity index is 614. The fourth-order valence-electron chi connectivity index (χ4n) is 1.47. The molecule has 34 heavy (non-hydrogen) atoms. The molecule has 0 spiro atoms. The van der Waals surface area contributed by atoms with Crippen molar-refractivity contribution in [2.45, 2.75) is 48.8 Å². The molecule has 0 radical (unpaired) electrons. The van der Waals surface area contributed by atoms with E-state index in [9.17, 15) is 28.2 Å². The van der Waals surface area contributed by atoms with E-state index in [1.165, 1.54) is 0 Å². The van der Waals surface area contributed by atoms with Crippen molar-refractivity contribution >= 4 is 22.1 Å². The standard InChI is InChI=1S/2C6H12O7.C2H7NO3S.Zn/c2*7-1-2(8)3(9)4(10)5(11)6(12)13;3-1-2-7(4,5)6;/h2*2-5,7-11H,1H2,(H,12,13);1-3H2,(H,4,5,6);/q;;;+2/p-2. The summed E-state index contributed by atoms with van der Waals surface area (Å²) in [5.41, 5.74) is 4.78. The van der Waals surface area contributed by atoms with Gasteiger partial charge in [-0.25, -0.2) is 0 Å². The van der Waals surface area contributed by atoms with Gasteiger partial charge in [0.15, 0.2) is 0 Å². The molecule has 0 aromatic rings. The van der Waals surface area contributed by atoms with Crippen LogP contribution in [0.4, 0.5) is 0 Å². The van der Waals surface area contributed by atoms with E-state index in [1.807, 2.05) is 0 Å². The van der Waals surface area contributed by atoms with Crippen molar-refractivity contribution in [2.24, 2.45) is 5.73 Å². The van der Waals surface area contributed by atoms with Crippen molar-refractivity contribution in [3.05, 3.63) is 0 Å². The average Bonchev–Trinajstić information content (AvgIpc) is 2.74. The first-order chi connectivity index (χ1) is 14.9. The molecule has 0 amide bonds. The minimum atomic E-state index is -3.80. The smallest absolute Gasteiger partial charge is 0.547 e. The maximum absolute atomic E-state index is 9.98. The Morgan fingerprint density at radius 2 is 0.971 bits per heavy atom. The number of aliphatic hydroxyl groups excluding tert-OH is 10. The fourth-order valence-corrected chi connectivity index (χ4v) is 1.77. The summed E-state index contributed by atoms with van der Waals surface area (Å²) in [6.45, 7) is -1.76. The molecule has 0 rings (SSSR count). The van der Waals surface area contributed by atoms with E-state index >= 15 is 0 Å². The number of hydrogen-bond donors (Lipinski definition) is 12. The van der Waals surface area contributed by atoms with Crippen LogP contribution >= 0.6 is 0 Å². The van der Waals surface area contributed by atoms with E-state index in [0.29, 0.717) is 0 Å². The van der Waals surface area contributed by atoms with E-state index in [4.69, 9.17) is 61.4 Å². The molecule has 200 valence electrons. The Kier molecular flexibility index (Phi) is 23.9. The van der Waals surface area contributed by atoms with Gasteiger partial charge in [-0.2, -0.15) is 8.42 Å². The number of carboxylic acid groups (broad SMARTS) is 2. The Balaban J connectivity index is -0.000000205. The molecule has 0 saturated heterocycles. The molecule has 20 heteroatoms. The molecule has 0 aliphatic heterocycles. The molecule has 8 unspecified atom stereocenters. The Morgan fingerprint density at radius 3 is 1.09 bits per heavy atom. The van der Waals surface area contributed by atoms with Crippen molar-refractivity contribution in [3.8, 4) is 0 Å². The van der Waals surface area contributed by atoms with Crippen LogP contribution in [-0.2, 0) is 39.2 Å². The molecule has 0 saturated carbocycles. The number of carbonyl (C=O) groups is 2. The predicted octanol–water partition coefficient (Wildman–Crippen LogP) is -10.8. The van der Waals surface area contributed by atoms with Crippen LogP contribution in [0, 0.1) is 0 Å². The van der Waals surface area contributed by atoms with Gasteiger partial charge in [-0.1, -0.05) is 0 Å². The first-order valence-electron chi connectivity index (χ1n) is 8.62. The normalized spacial score (nSPS) is 18.0. The minimum absolute atomic E-state index is 0. The molecule has 0 aliphatic rings. The van der Waals surface area contributed by atoms with Crippen molar-refractivity contribution in [3.63, 3.8) is 0 Å². The molecular formula is C14H29NO17SZn. The molecule has 0 aromatic heterocycles. The summed E-state index contributed by atoms with van der Waals surface area (Å²) in [5, 5.41) is 107. The zero-order valence-electron chi connectivity index (χ0n) is 17.5. The van der Waals surface area contributed by atoms with Gasteiger partial charge in [-0.05, 0) is 0 Å². The number of rotatable bonds is 12. The van der Waals surface area contributed by atoms with Crippen LogP contribution in [0.25, 0.3) is 0 Å². The van der Waals surface area contributed by atoms with Gasteiger partial charge in [0.2, 0.25) is 0 Å². The van der Waals surface area contributed by atoms with Gasteiger partial charge in [0.05, 0.1) is 30.9 Å². The number of carbonyl (C=O) groups excluding carboxylic acids is 2. The molecule has 0 bridgehead atoms. The Labute approximate surface area is 205 Å². The van der Waals surface area contributed by atoms with Crippen molar-refractivity contribution in [2.75, 3.05) is 25.5 Å².